The van der Waals surface area contributed by atoms with E-state index < -0.39 is 0 Å². The summed E-state index contributed by atoms with van der Waals surface area (Å²) in [4.78, 5) is 5.44. The van der Waals surface area contributed by atoms with Gasteiger partial charge in [-0.1, -0.05) is 11.6 Å². The summed E-state index contributed by atoms with van der Waals surface area (Å²) in [5.74, 6) is 0. The molecule has 0 bridgehead atoms. The van der Waals surface area contributed by atoms with Gasteiger partial charge in [-0.3, -0.25) is 0 Å². The molecule has 0 amide bonds. The molecule has 1 heterocycles. The molecule has 0 aliphatic heterocycles. The average molecular weight is 225 g/mol. The average Bonchev–Trinajstić information content (AvgIpc) is 2.56. The summed E-state index contributed by atoms with van der Waals surface area (Å²) in [5, 5.41) is 2.74. The lowest BCUT2D eigenvalue weighted by Gasteiger charge is -1.93. The van der Waals surface area contributed by atoms with E-state index in [-0.39, 0.29) is 0 Å². The van der Waals surface area contributed by atoms with E-state index in [1.54, 1.807) is 11.3 Å². The van der Waals surface area contributed by atoms with Crippen LogP contribution in [0.25, 0.3) is 0 Å². The molecule has 0 fully saturated rings. The van der Waals surface area contributed by atoms with Crippen molar-refractivity contribution in [2.75, 3.05) is 0 Å². The van der Waals surface area contributed by atoms with Crippen molar-refractivity contribution in [3.05, 3.63) is 45.7 Å². The second kappa shape index (κ2) is 3.98. The minimum atomic E-state index is 0.736. The summed E-state index contributed by atoms with van der Waals surface area (Å²) >= 11 is 7.39. The Morgan fingerprint density at radius 3 is 2.57 bits per heavy atom. The van der Waals surface area contributed by atoms with Crippen LogP contribution in [0.2, 0.25) is 5.02 Å². The third-order valence-corrected chi connectivity index (χ3v) is 2.91. The van der Waals surface area contributed by atoms with Gasteiger partial charge in [0.25, 0.3) is 0 Å². The second-order valence-corrected chi connectivity index (χ2v) is 4.19. The normalized spacial score (nSPS) is 12.0. The zero-order valence-electron chi connectivity index (χ0n) is 7.64. The van der Waals surface area contributed by atoms with Crippen molar-refractivity contribution in [1.29, 1.82) is 0 Å². The Bertz CT molecular complexity index is 481. The van der Waals surface area contributed by atoms with Gasteiger partial charge in [-0.05, 0) is 24.3 Å². The third kappa shape index (κ3) is 2.05. The Morgan fingerprint density at radius 2 is 2.00 bits per heavy atom. The minimum Gasteiger partial charge on any atom is -0.327 e. The molecule has 2 nitrogen and oxygen atoms in total. The van der Waals surface area contributed by atoms with Crippen LogP contribution < -0.4 is 4.80 Å². The Morgan fingerprint density at radius 1 is 1.29 bits per heavy atom. The van der Waals surface area contributed by atoms with Crippen molar-refractivity contribution in [3.63, 3.8) is 0 Å². The summed E-state index contributed by atoms with van der Waals surface area (Å²) in [6.07, 6.45) is 1.99. The molecular weight excluding hydrogens is 216 g/mol. The molecule has 0 spiro atoms. The van der Waals surface area contributed by atoms with E-state index in [9.17, 15) is 0 Å². The van der Waals surface area contributed by atoms with Crippen LogP contribution >= 0.6 is 22.9 Å². The predicted molar refractivity (Wildman–Crippen MR) is 60.0 cm³/mol. The number of thiazole rings is 1. The van der Waals surface area contributed by atoms with E-state index in [1.165, 1.54) is 0 Å². The summed E-state index contributed by atoms with van der Waals surface area (Å²) < 4.78 is 1.99. The topological polar surface area (TPSA) is 17.3 Å². The molecule has 2 rings (SSSR count). The van der Waals surface area contributed by atoms with Crippen LogP contribution in [0.15, 0.2) is 40.8 Å². The van der Waals surface area contributed by atoms with Crippen LogP contribution in [0, 0.1) is 0 Å². The molecule has 1 aromatic carbocycles. The maximum Gasteiger partial charge on any atom is 0.189 e. The van der Waals surface area contributed by atoms with Crippen LogP contribution in [-0.2, 0) is 7.05 Å². The lowest BCUT2D eigenvalue weighted by atomic mass is 10.3. The molecule has 0 atom stereocenters. The van der Waals surface area contributed by atoms with Gasteiger partial charge < -0.3 is 4.57 Å². The van der Waals surface area contributed by atoms with Crippen molar-refractivity contribution in [2.45, 2.75) is 0 Å². The fraction of sp³-hybridized carbons (Fsp3) is 0.100. The van der Waals surface area contributed by atoms with Gasteiger partial charge in [-0.25, -0.2) is 4.99 Å². The monoisotopic (exact) mass is 224 g/mol. The summed E-state index contributed by atoms with van der Waals surface area (Å²) in [5.41, 5.74) is 0.924. The van der Waals surface area contributed by atoms with Crippen molar-refractivity contribution in [3.8, 4) is 0 Å². The van der Waals surface area contributed by atoms with E-state index in [0.29, 0.717) is 0 Å². The van der Waals surface area contributed by atoms with Gasteiger partial charge in [-0.2, -0.15) is 0 Å². The van der Waals surface area contributed by atoms with Crippen molar-refractivity contribution in [2.24, 2.45) is 12.0 Å². The largest absolute Gasteiger partial charge is 0.327 e. The Hall–Kier alpha value is -1.06. The number of rotatable bonds is 1. The highest BCUT2D eigenvalue weighted by atomic mass is 35.5. The summed E-state index contributed by atoms with van der Waals surface area (Å²) in [6, 6.07) is 7.49. The molecule has 0 N–H and O–H groups in total. The fourth-order valence-corrected chi connectivity index (χ4v) is 1.94. The zero-order valence-corrected chi connectivity index (χ0v) is 9.22. The number of aryl methyl sites for hydroxylation is 1. The van der Waals surface area contributed by atoms with Crippen LogP contribution in [0.4, 0.5) is 5.69 Å². The molecule has 0 unspecified atom stereocenters. The molecule has 0 radical (unpaired) electrons. The lowest BCUT2D eigenvalue weighted by molar-refractivity contribution is 0.874. The van der Waals surface area contributed by atoms with Gasteiger partial charge in [0, 0.05) is 23.6 Å². The van der Waals surface area contributed by atoms with Crippen LogP contribution in [0.3, 0.4) is 0 Å². The van der Waals surface area contributed by atoms with E-state index in [1.807, 2.05) is 47.5 Å². The smallest absolute Gasteiger partial charge is 0.189 e. The number of benzene rings is 1. The highest BCUT2D eigenvalue weighted by molar-refractivity contribution is 7.07. The van der Waals surface area contributed by atoms with E-state index in [4.69, 9.17) is 11.6 Å². The number of aromatic nitrogens is 1. The van der Waals surface area contributed by atoms with Gasteiger partial charge in [0.2, 0.25) is 0 Å². The first-order chi connectivity index (χ1) is 6.75. The standard InChI is InChI=1S/C10H9ClN2S/c1-13-6-7-14-10(13)12-9-4-2-8(11)3-5-9/h2-7H,1H3. The van der Waals surface area contributed by atoms with Gasteiger partial charge in [-0.15, -0.1) is 11.3 Å². The molecule has 0 aliphatic carbocycles. The van der Waals surface area contributed by atoms with Gasteiger partial charge >= 0.3 is 0 Å². The van der Waals surface area contributed by atoms with Gasteiger partial charge in [0.1, 0.15) is 0 Å². The van der Waals surface area contributed by atoms with Crippen molar-refractivity contribution >= 4 is 28.6 Å². The highest BCUT2D eigenvalue weighted by Crippen LogP contribution is 2.15. The molecule has 1 aromatic heterocycles. The number of halogens is 1. The van der Waals surface area contributed by atoms with Crippen LogP contribution in [0.1, 0.15) is 0 Å². The third-order valence-electron chi connectivity index (χ3n) is 1.81. The first-order valence-corrected chi connectivity index (χ1v) is 5.42. The minimum absolute atomic E-state index is 0.736. The van der Waals surface area contributed by atoms with Gasteiger partial charge in [0.05, 0.1) is 5.69 Å². The molecule has 0 saturated carbocycles. The lowest BCUT2D eigenvalue weighted by Crippen LogP contribution is -2.07. The summed E-state index contributed by atoms with van der Waals surface area (Å²) in [7, 11) is 1.98. The quantitative estimate of drug-likeness (QED) is 0.709. The molecular formula is C10H9ClN2S. The number of hydrogen-bond donors (Lipinski definition) is 0. The van der Waals surface area contributed by atoms with Crippen LogP contribution in [0.5, 0.6) is 0 Å². The predicted octanol–water partition coefficient (Wildman–Crippen LogP) is 2.97. The SMILES string of the molecule is Cn1ccsc1=Nc1ccc(Cl)cc1. The number of hydrogen-bond acceptors (Lipinski definition) is 2. The van der Waals surface area contributed by atoms with Crippen molar-refractivity contribution in [1.82, 2.24) is 4.57 Å². The molecule has 72 valence electrons. The first-order valence-electron chi connectivity index (χ1n) is 4.16. The molecule has 14 heavy (non-hydrogen) atoms. The molecule has 0 saturated heterocycles. The zero-order chi connectivity index (χ0) is 9.97. The van der Waals surface area contributed by atoms with E-state index in [0.717, 1.165) is 15.5 Å². The van der Waals surface area contributed by atoms with Crippen molar-refractivity contribution < 1.29 is 0 Å². The molecule has 2 aromatic rings. The fourth-order valence-electron chi connectivity index (χ4n) is 1.06. The second-order valence-electron chi connectivity index (χ2n) is 2.88. The molecule has 4 heteroatoms. The van der Waals surface area contributed by atoms with E-state index in [2.05, 4.69) is 4.99 Å². The molecule has 0 aliphatic rings. The first kappa shape index (κ1) is 9.49. The number of nitrogens with zero attached hydrogens (tertiary/aromatic N) is 2. The Balaban J connectivity index is 2.44. The Kier molecular flexibility index (Phi) is 2.70. The summed E-state index contributed by atoms with van der Waals surface area (Å²) in [6.45, 7) is 0. The maximum absolute atomic E-state index is 5.78. The van der Waals surface area contributed by atoms with Crippen LogP contribution in [-0.4, -0.2) is 4.57 Å². The Labute approximate surface area is 91.1 Å². The highest BCUT2D eigenvalue weighted by Gasteiger charge is 1.91. The maximum atomic E-state index is 5.78. The van der Waals surface area contributed by atoms with E-state index >= 15 is 0 Å². The van der Waals surface area contributed by atoms with Gasteiger partial charge in [0.15, 0.2) is 4.80 Å².